The molecule has 0 saturated carbocycles. The summed E-state index contributed by atoms with van der Waals surface area (Å²) >= 11 is 0. The molecule has 0 N–H and O–H groups in total. The second-order valence-corrected chi connectivity index (χ2v) is 11.9. The van der Waals surface area contributed by atoms with Crippen LogP contribution in [0, 0.1) is 5.21 Å². The molecule has 4 aliphatic heterocycles. The molecule has 9 nitrogen and oxygen atoms in total. The highest BCUT2D eigenvalue weighted by Gasteiger charge is 2.40. The average molecular weight is 605 g/mol. The topological polar surface area (TPSA) is 91.3 Å². The second kappa shape index (κ2) is 10.6. The molecule has 5 heterocycles. The Morgan fingerprint density at radius 2 is 1.62 bits per heavy atom. The van der Waals surface area contributed by atoms with Gasteiger partial charge in [0.05, 0.1) is 39.1 Å². The van der Waals surface area contributed by atoms with E-state index in [1.165, 1.54) is 0 Å². The highest BCUT2D eigenvalue weighted by Crippen LogP contribution is 2.54. The summed E-state index contributed by atoms with van der Waals surface area (Å²) < 4.78 is 36.0. The SMILES string of the molecule is COc1ccc2cc1Oc1ccc(cc1)CC1c3c(cc4c(c3Oc3cc5c(nccc5cc3OC)C2)OCO4)CC[N+]1(C)[O-]. The molecule has 0 spiro atoms. The van der Waals surface area contributed by atoms with Crippen LogP contribution >= 0.6 is 0 Å². The largest absolute Gasteiger partial charge is 0.633 e. The number of benzene rings is 4. The number of nitrogens with zero attached hydrogens (tertiary/aromatic N) is 2. The molecule has 4 aliphatic rings. The number of methoxy groups -OCH3 is 2. The average Bonchev–Trinajstić information content (AvgIpc) is 3.52. The number of aromatic nitrogens is 1. The van der Waals surface area contributed by atoms with Gasteiger partial charge in [-0.25, -0.2) is 0 Å². The van der Waals surface area contributed by atoms with Crippen LogP contribution in [-0.2, 0) is 19.3 Å². The van der Waals surface area contributed by atoms with Crippen LogP contribution in [-0.4, -0.2) is 44.2 Å². The monoisotopic (exact) mass is 604 g/mol. The molecular weight excluding hydrogens is 572 g/mol. The van der Waals surface area contributed by atoms with Gasteiger partial charge in [0.2, 0.25) is 12.5 Å². The van der Waals surface area contributed by atoms with Crippen LogP contribution in [0.3, 0.4) is 0 Å². The smallest absolute Gasteiger partial charge is 0.231 e. The Bertz CT molecular complexity index is 1950. The fourth-order valence-electron chi connectivity index (χ4n) is 6.70. The first kappa shape index (κ1) is 27.6. The number of ether oxygens (including phenoxy) is 6. The van der Waals surface area contributed by atoms with Gasteiger partial charge in [0, 0.05) is 30.8 Å². The fraction of sp³-hybridized carbons (Fsp3) is 0.250. The van der Waals surface area contributed by atoms with Crippen LogP contribution in [0.4, 0.5) is 0 Å². The van der Waals surface area contributed by atoms with E-state index in [1.54, 1.807) is 27.5 Å². The summed E-state index contributed by atoms with van der Waals surface area (Å²) in [5, 5.41) is 16.1. The fourth-order valence-corrected chi connectivity index (χ4v) is 6.70. The van der Waals surface area contributed by atoms with Crippen LogP contribution in [0.1, 0.15) is 34.0 Å². The first-order valence-electron chi connectivity index (χ1n) is 15.0. The molecule has 9 rings (SSSR count). The summed E-state index contributed by atoms with van der Waals surface area (Å²) in [5.41, 5.74) is 4.73. The third-order valence-electron chi connectivity index (χ3n) is 9.08. The number of quaternary nitrogens is 1. The maximum atomic E-state index is 14.2. The Hall–Kier alpha value is -4.99. The van der Waals surface area contributed by atoms with E-state index in [0.717, 1.165) is 38.7 Å². The summed E-state index contributed by atoms with van der Waals surface area (Å²) in [5.74, 6) is 4.58. The van der Waals surface area contributed by atoms with E-state index in [2.05, 4.69) is 0 Å². The molecule has 0 fully saturated rings. The minimum Gasteiger partial charge on any atom is -0.633 e. The summed E-state index contributed by atoms with van der Waals surface area (Å²) in [4.78, 5) is 4.77. The van der Waals surface area contributed by atoms with Gasteiger partial charge < -0.3 is 38.3 Å². The van der Waals surface area contributed by atoms with Crippen molar-refractivity contribution in [2.24, 2.45) is 0 Å². The van der Waals surface area contributed by atoms with Gasteiger partial charge in [-0.3, -0.25) is 4.98 Å². The van der Waals surface area contributed by atoms with Crippen molar-refractivity contribution in [2.45, 2.75) is 25.3 Å². The predicted octanol–water partition coefficient (Wildman–Crippen LogP) is 7.25. The van der Waals surface area contributed by atoms with Crippen LogP contribution in [0.15, 0.2) is 72.9 Å². The van der Waals surface area contributed by atoms with Crippen molar-refractivity contribution in [1.29, 1.82) is 0 Å². The third-order valence-corrected chi connectivity index (χ3v) is 9.08. The zero-order valence-electron chi connectivity index (χ0n) is 25.3. The number of hydroxylamine groups is 3. The molecule has 0 radical (unpaired) electrons. The molecule has 2 unspecified atom stereocenters. The molecular formula is C36H32N2O7. The normalized spacial score (nSPS) is 19.7. The Kier molecular flexibility index (Phi) is 6.47. The van der Waals surface area contributed by atoms with E-state index in [9.17, 15) is 5.21 Å². The van der Waals surface area contributed by atoms with E-state index < -0.39 is 10.7 Å². The highest BCUT2D eigenvalue weighted by molar-refractivity contribution is 5.88. The van der Waals surface area contributed by atoms with Gasteiger partial charge >= 0.3 is 0 Å². The standard InChI is InChI=1S/C36H32N2O7/c1-38(39)13-11-24-18-33-35(43-20-42-33)36-34(24)28(38)15-21-4-7-25(8-5-21)44-31-16-22(6-9-29(31)40-2)14-27-26-19-32(45-36)30(41-3)17-23(26)10-12-37-27/h4-10,12,16-19,28H,11,13-15,20H2,1-3H3. The zero-order valence-corrected chi connectivity index (χ0v) is 25.3. The molecule has 0 saturated heterocycles. The van der Waals surface area contributed by atoms with Gasteiger partial charge in [-0.05, 0) is 70.6 Å². The van der Waals surface area contributed by atoms with Crippen molar-refractivity contribution in [3.05, 3.63) is 106 Å². The van der Waals surface area contributed by atoms with Crippen molar-refractivity contribution >= 4 is 10.8 Å². The number of likely N-dealkylation sites (N-methyl/N-ethyl adjacent to an activating group) is 1. The van der Waals surface area contributed by atoms with E-state index in [0.29, 0.717) is 71.8 Å². The van der Waals surface area contributed by atoms with Gasteiger partial charge in [-0.15, -0.1) is 0 Å². The Labute approximate surface area is 260 Å². The third kappa shape index (κ3) is 4.75. The molecule has 0 aliphatic carbocycles. The molecule has 2 atom stereocenters. The van der Waals surface area contributed by atoms with Gasteiger partial charge in [0.1, 0.15) is 11.8 Å². The molecule has 45 heavy (non-hydrogen) atoms. The summed E-state index contributed by atoms with van der Waals surface area (Å²) in [7, 11) is 4.99. The zero-order chi connectivity index (χ0) is 30.7. The molecule has 0 amide bonds. The lowest BCUT2D eigenvalue weighted by Crippen LogP contribution is -2.47. The van der Waals surface area contributed by atoms with Gasteiger partial charge in [0.15, 0.2) is 34.5 Å². The van der Waals surface area contributed by atoms with Crippen molar-refractivity contribution in [3.8, 4) is 46.0 Å². The molecule has 9 heteroatoms. The van der Waals surface area contributed by atoms with Crippen LogP contribution in [0.2, 0.25) is 0 Å². The van der Waals surface area contributed by atoms with E-state index >= 15 is 0 Å². The number of rotatable bonds is 2. The molecule has 4 aromatic carbocycles. The Morgan fingerprint density at radius 3 is 2.44 bits per heavy atom. The van der Waals surface area contributed by atoms with Crippen LogP contribution in [0.5, 0.6) is 46.0 Å². The van der Waals surface area contributed by atoms with Crippen molar-refractivity contribution in [2.75, 3.05) is 34.6 Å². The van der Waals surface area contributed by atoms with E-state index in [-0.39, 0.29) is 6.79 Å². The predicted molar refractivity (Wildman–Crippen MR) is 168 cm³/mol. The number of hydrogen-bond donors (Lipinski definition) is 0. The minimum absolute atomic E-state index is 0.0803. The molecule has 228 valence electrons. The molecule has 6 bridgehead atoms. The maximum absolute atomic E-state index is 14.2. The first-order chi connectivity index (χ1) is 21.9. The molecule has 5 aromatic rings. The number of fused-ring (bicyclic) bond motifs is 3. The van der Waals surface area contributed by atoms with Gasteiger partial charge in [0.25, 0.3) is 0 Å². The lowest BCUT2D eigenvalue weighted by atomic mass is 9.87. The Morgan fingerprint density at radius 1 is 0.822 bits per heavy atom. The summed E-state index contributed by atoms with van der Waals surface area (Å²) in [6, 6.07) is 21.2. The van der Waals surface area contributed by atoms with E-state index in [1.807, 2.05) is 66.7 Å². The van der Waals surface area contributed by atoms with Crippen LogP contribution in [0.25, 0.3) is 10.8 Å². The maximum Gasteiger partial charge on any atom is 0.231 e. The van der Waals surface area contributed by atoms with Crippen molar-refractivity contribution in [1.82, 2.24) is 4.98 Å². The lowest BCUT2D eigenvalue weighted by Gasteiger charge is -2.49. The summed E-state index contributed by atoms with van der Waals surface area (Å²) in [6.07, 6.45) is 3.43. The molecule has 1 aromatic heterocycles. The van der Waals surface area contributed by atoms with Gasteiger partial charge in [-0.1, -0.05) is 18.2 Å². The minimum atomic E-state index is -0.454. The quantitative estimate of drug-likeness (QED) is 0.154. The van der Waals surface area contributed by atoms with Crippen molar-refractivity contribution in [3.63, 3.8) is 0 Å². The second-order valence-electron chi connectivity index (χ2n) is 11.9. The Balaban J connectivity index is 1.38. The van der Waals surface area contributed by atoms with Gasteiger partial charge in [-0.2, -0.15) is 0 Å². The highest BCUT2D eigenvalue weighted by atomic mass is 16.7. The van der Waals surface area contributed by atoms with Crippen LogP contribution < -0.4 is 28.4 Å². The number of hydrogen-bond acceptors (Lipinski definition) is 8. The number of pyridine rings is 1. The van der Waals surface area contributed by atoms with Crippen molar-refractivity contribution < 1.29 is 33.1 Å². The van der Waals surface area contributed by atoms with E-state index in [4.69, 9.17) is 33.4 Å². The first-order valence-corrected chi connectivity index (χ1v) is 15.0. The summed E-state index contributed by atoms with van der Waals surface area (Å²) in [6.45, 7) is 0.513. The lowest BCUT2D eigenvalue weighted by molar-refractivity contribution is -0.894.